The van der Waals surface area contributed by atoms with Crippen molar-refractivity contribution in [3.63, 3.8) is 0 Å². The van der Waals surface area contributed by atoms with E-state index in [-0.39, 0.29) is 4.90 Å². The fourth-order valence-corrected chi connectivity index (χ4v) is 6.62. The number of aromatic nitrogens is 3. The smallest absolute Gasteiger partial charge is 0.297 e. The Hall–Kier alpha value is -2.68. The van der Waals surface area contributed by atoms with Crippen molar-refractivity contribution in [1.29, 1.82) is 5.26 Å². The predicted molar refractivity (Wildman–Crippen MR) is 148 cm³/mol. The molecule has 0 unspecified atom stereocenters. The molecule has 14 heteroatoms. The monoisotopic (exact) mass is 666 g/mol. The molecule has 4 heterocycles. The standard InChI is InChI=1S/C25H27IN6O6S/c1-14-7-8-17(39(33,34)35-6)15(9-14)20-21-22(38-24(2,3)36-21)25(11-27,37-20)18-10-16(26)19-23(29-13-31(4)5)28-12-30-32(18)19/h7-10,12-13,20-22H,1-6H3/t20-,21-,22-,25+/m1/s1. The average Bonchev–Trinajstić information content (AvgIpc) is 3.49. The number of benzene rings is 1. The lowest BCUT2D eigenvalue weighted by Gasteiger charge is -2.29. The van der Waals surface area contributed by atoms with E-state index in [9.17, 15) is 13.7 Å². The van der Waals surface area contributed by atoms with Gasteiger partial charge in [0, 0.05) is 23.2 Å². The molecule has 2 aliphatic rings. The van der Waals surface area contributed by atoms with E-state index >= 15 is 0 Å². The van der Waals surface area contributed by atoms with Crippen LogP contribution in [0.1, 0.15) is 36.8 Å². The Labute approximate surface area is 239 Å². The quantitative estimate of drug-likeness (QED) is 0.167. The van der Waals surface area contributed by atoms with E-state index in [0.717, 1.165) is 16.2 Å². The number of rotatable bonds is 6. The van der Waals surface area contributed by atoms with Gasteiger partial charge >= 0.3 is 0 Å². The Bertz CT molecular complexity index is 1630. The van der Waals surface area contributed by atoms with Crippen LogP contribution in [0.3, 0.4) is 0 Å². The number of nitrogens with zero attached hydrogens (tertiary/aromatic N) is 6. The highest BCUT2D eigenvalue weighted by Gasteiger charge is 2.66. The third-order valence-electron chi connectivity index (χ3n) is 6.55. The first kappa shape index (κ1) is 27.9. The second-order valence-electron chi connectivity index (χ2n) is 10.00. The maximum absolute atomic E-state index is 12.9. The van der Waals surface area contributed by atoms with Gasteiger partial charge < -0.3 is 19.1 Å². The number of fused-ring (bicyclic) bond motifs is 2. The maximum atomic E-state index is 12.9. The normalized spacial score (nSPS) is 26.3. The molecule has 5 rings (SSSR count). The molecule has 39 heavy (non-hydrogen) atoms. The van der Waals surface area contributed by atoms with E-state index in [1.807, 2.05) is 21.0 Å². The molecular formula is C25H27IN6O6S. The van der Waals surface area contributed by atoms with Gasteiger partial charge in [-0.05, 0) is 55.5 Å². The number of hydrogen-bond donors (Lipinski definition) is 0. The van der Waals surface area contributed by atoms with Gasteiger partial charge in [0.1, 0.15) is 36.2 Å². The first-order valence-electron chi connectivity index (χ1n) is 11.9. The average molecular weight is 666 g/mol. The lowest BCUT2D eigenvalue weighted by Crippen LogP contribution is -2.40. The first-order valence-corrected chi connectivity index (χ1v) is 14.4. The summed E-state index contributed by atoms with van der Waals surface area (Å²) in [5, 5.41) is 15.2. The molecule has 4 atom stereocenters. The minimum absolute atomic E-state index is 0.0707. The molecule has 0 N–H and O–H groups in total. The van der Waals surface area contributed by atoms with E-state index < -0.39 is 39.8 Å². The van der Waals surface area contributed by atoms with E-state index in [2.05, 4.69) is 43.7 Å². The van der Waals surface area contributed by atoms with E-state index in [1.165, 1.54) is 12.4 Å². The lowest BCUT2D eigenvalue weighted by atomic mass is 9.91. The molecule has 12 nitrogen and oxygen atoms in total. The SMILES string of the molecule is COS(=O)(=O)c1ccc(C)cc1[C@H]1O[C@@](C#N)(c2cc(I)c3c(N=CN(C)C)ncnn23)[C@@H]2OC(C)(C)O[C@H]12. The number of aliphatic imine (C=N–C) groups is 1. The van der Waals surface area contributed by atoms with Gasteiger partial charge in [0.25, 0.3) is 10.1 Å². The summed E-state index contributed by atoms with van der Waals surface area (Å²) in [7, 11) is 0.679. The summed E-state index contributed by atoms with van der Waals surface area (Å²) in [6.45, 7) is 5.32. The van der Waals surface area contributed by atoms with E-state index in [0.29, 0.717) is 22.6 Å². The first-order chi connectivity index (χ1) is 18.3. The minimum atomic E-state index is -4.10. The molecule has 3 aromatic rings. The van der Waals surface area contributed by atoms with Gasteiger partial charge in [-0.2, -0.15) is 18.8 Å². The fourth-order valence-electron chi connectivity index (χ4n) is 4.98. The number of halogens is 1. The van der Waals surface area contributed by atoms with Crippen molar-refractivity contribution < 1.29 is 26.8 Å². The van der Waals surface area contributed by atoms with Gasteiger partial charge in [-0.25, -0.2) is 14.5 Å². The summed E-state index contributed by atoms with van der Waals surface area (Å²) in [6, 6.07) is 8.94. The number of aryl methyl sites for hydroxylation is 1. The topological polar surface area (TPSA) is 141 Å². The fraction of sp³-hybridized carbons (Fsp3) is 0.440. The Morgan fingerprint density at radius 1 is 1.26 bits per heavy atom. The zero-order valence-electron chi connectivity index (χ0n) is 22.1. The number of hydrogen-bond acceptors (Lipinski definition) is 10. The third-order valence-corrected chi connectivity index (χ3v) is 8.72. The predicted octanol–water partition coefficient (Wildman–Crippen LogP) is 3.21. The van der Waals surface area contributed by atoms with Crippen molar-refractivity contribution in [1.82, 2.24) is 19.5 Å². The summed E-state index contributed by atoms with van der Waals surface area (Å²) in [6.07, 6.45) is 0.258. The van der Waals surface area contributed by atoms with Crippen LogP contribution in [0.15, 0.2) is 40.5 Å². The van der Waals surface area contributed by atoms with Gasteiger partial charge in [0.15, 0.2) is 11.6 Å². The van der Waals surface area contributed by atoms with Crippen molar-refractivity contribution in [2.24, 2.45) is 4.99 Å². The molecule has 2 aromatic heterocycles. The second-order valence-corrected chi connectivity index (χ2v) is 12.8. The second kappa shape index (κ2) is 9.75. The molecule has 0 aliphatic carbocycles. The molecule has 0 saturated carbocycles. The van der Waals surface area contributed by atoms with Gasteiger partial charge in [0.2, 0.25) is 5.60 Å². The van der Waals surface area contributed by atoms with Crippen molar-refractivity contribution in [2.75, 3.05) is 21.2 Å². The Kier molecular flexibility index (Phi) is 6.97. The summed E-state index contributed by atoms with van der Waals surface area (Å²) < 4.78 is 52.0. The zero-order chi connectivity index (χ0) is 28.3. The highest BCUT2D eigenvalue weighted by molar-refractivity contribution is 14.1. The molecule has 2 aliphatic heterocycles. The molecule has 0 radical (unpaired) electrons. The molecule has 206 valence electrons. The van der Waals surface area contributed by atoms with Crippen LogP contribution in [0.25, 0.3) is 5.52 Å². The lowest BCUT2D eigenvalue weighted by molar-refractivity contribution is -0.202. The molecule has 2 fully saturated rings. The van der Waals surface area contributed by atoms with Crippen molar-refractivity contribution in [3.05, 3.63) is 51.0 Å². The minimum Gasteiger partial charge on any atom is -0.369 e. The van der Waals surface area contributed by atoms with Crippen LogP contribution in [0.4, 0.5) is 5.82 Å². The third kappa shape index (κ3) is 4.60. The summed E-state index contributed by atoms with van der Waals surface area (Å²) in [4.78, 5) is 10.5. The van der Waals surface area contributed by atoms with E-state index in [1.54, 1.807) is 47.8 Å². The highest BCUT2D eigenvalue weighted by atomic mass is 127. The molecular weight excluding hydrogens is 639 g/mol. The van der Waals surface area contributed by atoms with Crippen molar-refractivity contribution >= 4 is 50.4 Å². The summed E-state index contributed by atoms with van der Waals surface area (Å²) in [5.41, 5.74) is 0.361. The van der Waals surface area contributed by atoms with Crippen LogP contribution in [0.5, 0.6) is 0 Å². The maximum Gasteiger partial charge on any atom is 0.297 e. The number of ether oxygens (including phenoxy) is 3. The van der Waals surface area contributed by atoms with Crippen LogP contribution < -0.4 is 0 Å². The molecule has 1 aromatic carbocycles. The Balaban J connectivity index is 1.73. The molecule has 0 spiro atoms. The van der Waals surface area contributed by atoms with Gasteiger partial charge in [0.05, 0.1) is 24.0 Å². The Morgan fingerprint density at radius 2 is 2.00 bits per heavy atom. The van der Waals surface area contributed by atoms with Crippen LogP contribution in [0, 0.1) is 21.8 Å². The van der Waals surface area contributed by atoms with Gasteiger partial charge in [-0.3, -0.25) is 4.18 Å². The van der Waals surface area contributed by atoms with Crippen LogP contribution in [-0.4, -0.2) is 73.5 Å². The van der Waals surface area contributed by atoms with Crippen LogP contribution in [-0.2, 0) is 34.1 Å². The largest absolute Gasteiger partial charge is 0.369 e. The van der Waals surface area contributed by atoms with Crippen molar-refractivity contribution in [3.8, 4) is 6.07 Å². The van der Waals surface area contributed by atoms with E-state index in [4.69, 9.17) is 18.4 Å². The van der Waals surface area contributed by atoms with Gasteiger partial charge in [-0.15, -0.1) is 0 Å². The van der Waals surface area contributed by atoms with Crippen molar-refractivity contribution in [2.45, 2.75) is 55.4 Å². The summed E-state index contributed by atoms with van der Waals surface area (Å²) >= 11 is 2.14. The highest BCUT2D eigenvalue weighted by Crippen LogP contribution is 2.55. The zero-order valence-corrected chi connectivity index (χ0v) is 25.1. The Morgan fingerprint density at radius 3 is 2.67 bits per heavy atom. The van der Waals surface area contributed by atoms with Gasteiger partial charge in [-0.1, -0.05) is 17.7 Å². The molecule has 2 saturated heterocycles. The molecule has 0 amide bonds. The summed E-state index contributed by atoms with van der Waals surface area (Å²) in [5.74, 6) is -0.662. The van der Waals surface area contributed by atoms with Crippen LogP contribution in [0.2, 0.25) is 0 Å². The molecule has 0 bridgehead atoms. The number of nitriles is 1. The van der Waals surface area contributed by atoms with Crippen LogP contribution >= 0.6 is 22.6 Å².